The van der Waals surface area contributed by atoms with Gasteiger partial charge in [0.15, 0.2) is 11.9 Å². The Hall–Kier alpha value is -2.44. The number of carbonyl (C=O) groups is 1. The number of ether oxygens (including phenoxy) is 1. The lowest BCUT2D eigenvalue weighted by atomic mass is 10.3. The van der Waals surface area contributed by atoms with Crippen LogP contribution in [-0.4, -0.2) is 22.3 Å². The van der Waals surface area contributed by atoms with Gasteiger partial charge in [0, 0.05) is 0 Å². The molecule has 1 heterocycles. The van der Waals surface area contributed by atoms with Crippen LogP contribution in [0, 0.1) is 12.7 Å². The van der Waals surface area contributed by atoms with E-state index in [4.69, 9.17) is 4.74 Å². The highest BCUT2D eigenvalue weighted by Gasteiger charge is 2.17. The van der Waals surface area contributed by atoms with E-state index in [0.29, 0.717) is 11.4 Å². The third-order valence-corrected chi connectivity index (χ3v) is 2.39. The fourth-order valence-corrected chi connectivity index (χ4v) is 1.33. The normalized spacial score (nSPS) is 11.9. The molecule has 0 bridgehead atoms. The van der Waals surface area contributed by atoms with Crippen molar-refractivity contribution in [2.45, 2.75) is 20.0 Å². The Bertz CT molecular complexity index is 568. The summed E-state index contributed by atoms with van der Waals surface area (Å²) >= 11 is 0. The largest absolute Gasteiger partial charge is 0.481 e. The van der Waals surface area contributed by atoms with Gasteiger partial charge < -0.3 is 10.1 Å². The molecule has 1 atom stereocenters. The minimum atomic E-state index is -0.762. The topological polar surface area (TPSA) is 77.3 Å². The van der Waals surface area contributed by atoms with E-state index in [1.54, 1.807) is 13.8 Å². The minimum Gasteiger partial charge on any atom is -0.481 e. The number of benzene rings is 1. The number of rotatable bonds is 4. The number of hydrogen-bond acceptors (Lipinski definition) is 5. The highest BCUT2D eigenvalue weighted by atomic mass is 19.1. The first-order chi connectivity index (χ1) is 9.06. The minimum absolute atomic E-state index is 0.250. The van der Waals surface area contributed by atoms with Crippen molar-refractivity contribution in [1.82, 2.24) is 10.3 Å². The smallest absolute Gasteiger partial charge is 0.266 e. The molecule has 0 aliphatic carbocycles. The summed E-state index contributed by atoms with van der Waals surface area (Å²) < 4.78 is 22.5. The monoisotopic (exact) mass is 265 g/mol. The first kappa shape index (κ1) is 13.0. The number of nitrogens with zero attached hydrogens (tertiary/aromatic N) is 2. The molecule has 0 saturated heterocycles. The van der Waals surface area contributed by atoms with Crippen molar-refractivity contribution in [2.24, 2.45) is 0 Å². The molecule has 19 heavy (non-hydrogen) atoms. The molecule has 2 rings (SSSR count). The molecule has 1 N–H and O–H groups in total. The molecule has 1 amide bonds. The Morgan fingerprint density at radius 1 is 1.37 bits per heavy atom. The van der Waals surface area contributed by atoms with Crippen LogP contribution in [0.5, 0.6) is 5.75 Å². The van der Waals surface area contributed by atoms with Crippen LogP contribution in [0.25, 0.3) is 0 Å². The Kier molecular flexibility index (Phi) is 3.74. The summed E-state index contributed by atoms with van der Waals surface area (Å²) in [7, 11) is 0. The summed E-state index contributed by atoms with van der Waals surface area (Å²) in [5.74, 6) is -0.115. The zero-order valence-corrected chi connectivity index (χ0v) is 10.4. The second-order valence-corrected chi connectivity index (χ2v) is 3.90. The van der Waals surface area contributed by atoms with Crippen molar-refractivity contribution in [1.29, 1.82) is 0 Å². The fourth-order valence-electron chi connectivity index (χ4n) is 1.33. The molecule has 0 spiro atoms. The van der Waals surface area contributed by atoms with Crippen LogP contribution in [0.3, 0.4) is 0 Å². The first-order valence-corrected chi connectivity index (χ1v) is 5.58. The summed E-state index contributed by atoms with van der Waals surface area (Å²) in [5.41, 5.74) is 0.474. The number of amides is 1. The fraction of sp³-hybridized carbons (Fsp3) is 0.250. The Morgan fingerprint density at radius 2 is 2.05 bits per heavy atom. The van der Waals surface area contributed by atoms with Gasteiger partial charge in [0.25, 0.3) is 5.91 Å². The standard InChI is InChI=1S/C12H12FN3O3/c1-7-11(16-19-15-7)14-12(17)8(2)18-10-5-3-9(13)4-6-10/h3-6,8H,1-2H3,(H,14,16,17)/t8-/m1/s1. The molecule has 1 aromatic heterocycles. The van der Waals surface area contributed by atoms with Gasteiger partial charge in [-0.05, 0) is 43.3 Å². The van der Waals surface area contributed by atoms with Gasteiger partial charge in [-0.25, -0.2) is 9.02 Å². The quantitative estimate of drug-likeness (QED) is 0.913. The number of nitrogens with one attached hydrogen (secondary N) is 1. The molecule has 7 heteroatoms. The highest BCUT2D eigenvalue weighted by Crippen LogP contribution is 2.14. The van der Waals surface area contributed by atoms with Gasteiger partial charge in [-0.3, -0.25) is 4.79 Å². The Morgan fingerprint density at radius 3 is 2.63 bits per heavy atom. The maximum absolute atomic E-state index is 12.7. The van der Waals surface area contributed by atoms with Gasteiger partial charge in [0.1, 0.15) is 17.3 Å². The van der Waals surface area contributed by atoms with E-state index in [-0.39, 0.29) is 11.6 Å². The lowest BCUT2D eigenvalue weighted by Crippen LogP contribution is -2.30. The zero-order chi connectivity index (χ0) is 13.8. The molecule has 0 fully saturated rings. The van der Waals surface area contributed by atoms with E-state index in [0.717, 1.165) is 0 Å². The van der Waals surface area contributed by atoms with E-state index in [9.17, 15) is 9.18 Å². The van der Waals surface area contributed by atoms with Crippen molar-refractivity contribution in [3.05, 3.63) is 35.8 Å². The summed E-state index contributed by atoms with van der Waals surface area (Å²) in [6.45, 7) is 3.22. The summed E-state index contributed by atoms with van der Waals surface area (Å²) in [5, 5.41) is 9.59. The maximum Gasteiger partial charge on any atom is 0.266 e. The molecular weight excluding hydrogens is 253 g/mol. The molecule has 0 radical (unpaired) electrons. The number of anilines is 1. The number of carbonyl (C=O) groups excluding carboxylic acids is 1. The van der Waals surface area contributed by atoms with E-state index in [2.05, 4.69) is 20.3 Å². The predicted octanol–water partition coefficient (Wildman–Crippen LogP) is 1.92. The molecule has 0 aliphatic heterocycles. The molecule has 1 aromatic carbocycles. The third-order valence-electron chi connectivity index (χ3n) is 2.39. The number of aryl methyl sites for hydroxylation is 1. The molecule has 6 nitrogen and oxygen atoms in total. The van der Waals surface area contributed by atoms with Crippen LogP contribution in [-0.2, 0) is 4.79 Å². The van der Waals surface area contributed by atoms with Crippen LogP contribution in [0.15, 0.2) is 28.9 Å². The van der Waals surface area contributed by atoms with Crippen LogP contribution in [0.4, 0.5) is 10.2 Å². The number of halogens is 1. The second-order valence-electron chi connectivity index (χ2n) is 3.90. The van der Waals surface area contributed by atoms with Crippen LogP contribution < -0.4 is 10.1 Å². The summed E-state index contributed by atoms with van der Waals surface area (Å²) in [6, 6.07) is 5.40. The van der Waals surface area contributed by atoms with E-state index in [1.165, 1.54) is 24.3 Å². The molecule has 0 aliphatic rings. The molecule has 100 valence electrons. The second kappa shape index (κ2) is 5.47. The number of hydrogen-bond donors (Lipinski definition) is 1. The highest BCUT2D eigenvalue weighted by molar-refractivity contribution is 5.93. The third kappa shape index (κ3) is 3.27. The van der Waals surface area contributed by atoms with Crippen molar-refractivity contribution in [3.63, 3.8) is 0 Å². The van der Waals surface area contributed by atoms with Gasteiger partial charge in [0.2, 0.25) is 0 Å². The molecule has 0 unspecified atom stereocenters. The Balaban J connectivity index is 1.96. The van der Waals surface area contributed by atoms with Crippen molar-refractivity contribution in [2.75, 3.05) is 5.32 Å². The average Bonchev–Trinajstić information content (AvgIpc) is 2.78. The van der Waals surface area contributed by atoms with Crippen LogP contribution in [0.2, 0.25) is 0 Å². The molecule has 2 aromatic rings. The lowest BCUT2D eigenvalue weighted by molar-refractivity contribution is -0.122. The first-order valence-electron chi connectivity index (χ1n) is 5.58. The van der Waals surface area contributed by atoms with Gasteiger partial charge in [0.05, 0.1) is 0 Å². The van der Waals surface area contributed by atoms with Crippen molar-refractivity contribution in [3.8, 4) is 5.75 Å². The molecular formula is C12H12FN3O3. The average molecular weight is 265 g/mol. The van der Waals surface area contributed by atoms with Crippen LogP contribution >= 0.6 is 0 Å². The summed E-state index contributed by atoms with van der Waals surface area (Å²) in [4.78, 5) is 11.8. The van der Waals surface area contributed by atoms with Crippen LogP contribution in [0.1, 0.15) is 12.6 Å². The number of aromatic nitrogens is 2. The van der Waals surface area contributed by atoms with Gasteiger partial charge >= 0.3 is 0 Å². The van der Waals surface area contributed by atoms with E-state index >= 15 is 0 Å². The lowest BCUT2D eigenvalue weighted by Gasteiger charge is -2.13. The van der Waals surface area contributed by atoms with Gasteiger partial charge in [-0.1, -0.05) is 5.16 Å². The van der Waals surface area contributed by atoms with E-state index < -0.39 is 12.0 Å². The van der Waals surface area contributed by atoms with Gasteiger partial charge in [-0.15, -0.1) is 0 Å². The SMILES string of the molecule is Cc1nonc1NC(=O)[C@@H](C)Oc1ccc(F)cc1. The maximum atomic E-state index is 12.7. The zero-order valence-electron chi connectivity index (χ0n) is 10.4. The van der Waals surface area contributed by atoms with Crippen molar-refractivity contribution >= 4 is 11.7 Å². The predicted molar refractivity (Wildman–Crippen MR) is 64.2 cm³/mol. The summed E-state index contributed by atoms with van der Waals surface area (Å²) in [6.07, 6.45) is -0.762. The van der Waals surface area contributed by atoms with E-state index in [1.807, 2.05) is 0 Å². The van der Waals surface area contributed by atoms with Gasteiger partial charge in [-0.2, -0.15) is 0 Å². The molecule has 0 saturated carbocycles. The Labute approximate surface area is 108 Å². The van der Waals surface area contributed by atoms with Crippen molar-refractivity contribution < 1.29 is 18.6 Å².